The summed E-state index contributed by atoms with van der Waals surface area (Å²) in [5, 5.41) is 0. The number of likely N-dealkylation sites (tertiary alicyclic amines) is 1. The number of carbonyl (C=O) groups is 1. The number of hydrogen-bond donors (Lipinski definition) is 0. The fourth-order valence-corrected chi connectivity index (χ4v) is 3.86. The third kappa shape index (κ3) is 5.18. The Morgan fingerprint density at radius 3 is 2.23 bits per heavy atom. The summed E-state index contributed by atoms with van der Waals surface area (Å²) >= 11 is 0. The van der Waals surface area contributed by atoms with Crippen LogP contribution in [0, 0.1) is 5.92 Å². The van der Waals surface area contributed by atoms with Gasteiger partial charge in [0, 0.05) is 25.2 Å². The zero-order chi connectivity index (χ0) is 18.2. The van der Waals surface area contributed by atoms with E-state index in [1.54, 1.807) is 0 Å². The lowest BCUT2D eigenvalue weighted by atomic mass is 9.90. The van der Waals surface area contributed by atoms with E-state index >= 15 is 0 Å². The second-order valence-electron chi connectivity index (χ2n) is 7.20. The van der Waals surface area contributed by atoms with E-state index < -0.39 is 0 Å². The summed E-state index contributed by atoms with van der Waals surface area (Å²) in [6, 6.07) is 20.8. The zero-order valence-corrected chi connectivity index (χ0v) is 15.8. The Hall–Kier alpha value is -2.13. The number of benzene rings is 2. The fourth-order valence-electron chi connectivity index (χ4n) is 3.86. The minimum absolute atomic E-state index is 0.227. The molecule has 1 aliphatic heterocycles. The summed E-state index contributed by atoms with van der Waals surface area (Å²) in [5.74, 6) is 1.01. The van der Waals surface area contributed by atoms with Crippen molar-refractivity contribution in [2.24, 2.45) is 5.92 Å². The van der Waals surface area contributed by atoms with Gasteiger partial charge in [-0.25, -0.2) is 0 Å². The summed E-state index contributed by atoms with van der Waals surface area (Å²) in [5.41, 5.74) is 2.45. The summed E-state index contributed by atoms with van der Waals surface area (Å²) in [7, 11) is 0. The number of amides is 1. The van der Waals surface area contributed by atoms with Gasteiger partial charge < -0.3 is 9.80 Å². The number of nitrogens with zero attached hydrogens (tertiary/aromatic N) is 2. The first-order valence-electron chi connectivity index (χ1n) is 9.88. The summed E-state index contributed by atoms with van der Waals surface area (Å²) in [6.45, 7) is 5.87. The van der Waals surface area contributed by atoms with Crippen molar-refractivity contribution in [1.29, 1.82) is 0 Å². The van der Waals surface area contributed by atoms with Gasteiger partial charge in [-0.2, -0.15) is 0 Å². The lowest BCUT2D eigenvalue weighted by Crippen LogP contribution is -2.38. The van der Waals surface area contributed by atoms with E-state index in [2.05, 4.69) is 35.2 Å². The Morgan fingerprint density at radius 1 is 1.00 bits per heavy atom. The minimum atomic E-state index is 0.227. The predicted molar refractivity (Wildman–Crippen MR) is 108 cm³/mol. The highest BCUT2D eigenvalue weighted by Crippen LogP contribution is 2.22. The van der Waals surface area contributed by atoms with Crippen LogP contribution in [0.1, 0.15) is 31.7 Å². The molecule has 0 radical (unpaired) electrons. The van der Waals surface area contributed by atoms with Crippen LogP contribution in [-0.4, -0.2) is 37.0 Å². The molecule has 2 aromatic rings. The van der Waals surface area contributed by atoms with Gasteiger partial charge in [0.25, 0.3) is 0 Å². The summed E-state index contributed by atoms with van der Waals surface area (Å²) in [6.07, 6.45) is 4.26. The number of para-hydroxylation sites is 1. The second-order valence-corrected chi connectivity index (χ2v) is 7.20. The lowest BCUT2D eigenvalue weighted by Gasteiger charge is -2.32. The van der Waals surface area contributed by atoms with Crippen LogP contribution in [0.4, 0.5) is 5.69 Å². The molecule has 1 amide bonds. The molecule has 2 aromatic carbocycles. The Balaban J connectivity index is 1.42. The molecule has 0 bridgehead atoms. The van der Waals surface area contributed by atoms with Crippen LogP contribution in [0.25, 0.3) is 0 Å². The molecule has 138 valence electrons. The first-order chi connectivity index (χ1) is 12.8. The Kier molecular flexibility index (Phi) is 6.84. The normalized spacial score (nSPS) is 15.7. The average molecular weight is 351 g/mol. The van der Waals surface area contributed by atoms with Crippen LogP contribution in [0.5, 0.6) is 0 Å². The third-order valence-electron chi connectivity index (χ3n) is 5.40. The highest BCUT2D eigenvalue weighted by molar-refractivity contribution is 5.93. The van der Waals surface area contributed by atoms with Crippen molar-refractivity contribution in [3.63, 3.8) is 0 Å². The van der Waals surface area contributed by atoms with Crippen molar-refractivity contribution in [2.75, 3.05) is 31.1 Å². The largest absolute Gasteiger partial charge is 0.313 e. The summed E-state index contributed by atoms with van der Waals surface area (Å²) < 4.78 is 0. The molecule has 0 aliphatic carbocycles. The number of rotatable bonds is 7. The SMILES string of the molecule is CCN(C(=O)CCN1CCC(Cc2ccccc2)CC1)c1ccccc1. The van der Waals surface area contributed by atoms with Gasteiger partial charge in [0.1, 0.15) is 0 Å². The van der Waals surface area contributed by atoms with E-state index in [9.17, 15) is 4.79 Å². The van der Waals surface area contributed by atoms with Crippen molar-refractivity contribution in [2.45, 2.75) is 32.6 Å². The first-order valence-corrected chi connectivity index (χ1v) is 9.88. The van der Waals surface area contributed by atoms with E-state index in [0.29, 0.717) is 6.42 Å². The number of anilines is 1. The van der Waals surface area contributed by atoms with Crippen LogP contribution in [0.3, 0.4) is 0 Å². The fraction of sp³-hybridized carbons (Fsp3) is 0.435. The predicted octanol–water partition coefficient (Wildman–Crippen LogP) is 4.38. The van der Waals surface area contributed by atoms with Crippen molar-refractivity contribution in [3.8, 4) is 0 Å². The Labute approximate surface area is 157 Å². The second kappa shape index (κ2) is 9.54. The minimum Gasteiger partial charge on any atom is -0.313 e. The topological polar surface area (TPSA) is 23.6 Å². The van der Waals surface area contributed by atoms with E-state index in [0.717, 1.165) is 37.8 Å². The van der Waals surface area contributed by atoms with Crippen molar-refractivity contribution in [1.82, 2.24) is 4.90 Å². The highest BCUT2D eigenvalue weighted by atomic mass is 16.2. The Bertz CT molecular complexity index is 663. The molecule has 26 heavy (non-hydrogen) atoms. The van der Waals surface area contributed by atoms with E-state index in [4.69, 9.17) is 0 Å². The lowest BCUT2D eigenvalue weighted by molar-refractivity contribution is -0.119. The van der Waals surface area contributed by atoms with Gasteiger partial charge >= 0.3 is 0 Å². The maximum atomic E-state index is 12.6. The zero-order valence-electron chi connectivity index (χ0n) is 15.8. The Morgan fingerprint density at radius 2 is 1.62 bits per heavy atom. The van der Waals surface area contributed by atoms with E-state index in [1.165, 1.54) is 24.8 Å². The molecule has 1 fully saturated rings. The molecule has 3 heteroatoms. The first kappa shape index (κ1) is 18.7. The standard InChI is InChI=1S/C23H30N2O/c1-2-25(22-11-7-4-8-12-22)23(26)15-18-24-16-13-21(14-17-24)19-20-9-5-3-6-10-20/h3-12,21H,2,13-19H2,1H3. The molecule has 0 aromatic heterocycles. The number of hydrogen-bond acceptors (Lipinski definition) is 2. The molecule has 0 spiro atoms. The van der Waals surface area contributed by atoms with Crippen LogP contribution in [0.2, 0.25) is 0 Å². The van der Waals surface area contributed by atoms with E-state index in [1.807, 2.05) is 42.2 Å². The highest BCUT2D eigenvalue weighted by Gasteiger charge is 2.21. The molecule has 0 atom stereocenters. The van der Waals surface area contributed by atoms with Crippen LogP contribution >= 0.6 is 0 Å². The van der Waals surface area contributed by atoms with Crippen molar-refractivity contribution >= 4 is 11.6 Å². The van der Waals surface area contributed by atoms with Gasteiger partial charge in [-0.15, -0.1) is 0 Å². The quantitative estimate of drug-likeness (QED) is 0.740. The van der Waals surface area contributed by atoms with Crippen LogP contribution in [-0.2, 0) is 11.2 Å². The van der Waals surface area contributed by atoms with Gasteiger partial charge in [0.05, 0.1) is 0 Å². The maximum Gasteiger partial charge on any atom is 0.228 e. The molecule has 3 rings (SSSR count). The molecule has 0 N–H and O–H groups in total. The smallest absolute Gasteiger partial charge is 0.228 e. The van der Waals surface area contributed by atoms with Gasteiger partial charge in [0.15, 0.2) is 0 Å². The average Bonchev–Trinajstić information content (AvgIpc) is 2.70. The monoisotopic (exact) mass is 350 g/mol. The number of carbonyl (C=O) groups excluding carboxylic acids is 1. The molecule has 1 aliphatic rings. The van der Waals surface area contributed by atoms with Gasteiger partial charge in [-0.1, -0.05) is 48.5 Å². The van der Waals surface area contributed by atoms with Gasteiger partial charge in [-0.05, 0) is 62.9 Å². The molecular formula is C23H30N2O. The van der Waals surface area contributed by atoms with Crippen LogP contribution < -0.4 is 4.90 Å². The van der Waals surface area contributed by atoms with Crippen LogP contribution in [0.15, 0.2) is 60.7 Å². The summed E-state index contributed by atoms with van der Waals surface area (Å²) in [4.78, 5) is 17.0. The molecular weight excluding hydrogens is 320 g/mol. The van der Waals surface area contributed by atoms with Crippen molar-refractivity contribution in [3.05, 3.63) is 66.2 Å². The van der Waals surface area contributed by atoms with Gasteiger partial charge in [0.2, 0.25) is 5.91 Å². The molecule has 0 unspecified atom stereocenters. The molecule has 1 saturated heterocycles. The maximum absolute atomic E-state index is 12.6. The molecule has 3 nitrogen and oxygen atoms in total. The van der Waals surface area contributed by atoms with Gasteiger partial charge in [-0.3, -0.25) is 4.79 Å². The van der Waals surface area contributed by atoms with E-state index in [-0.39, 0.29) is 5.91 Å². The molecule has 1 heterocycles. The third-order valence-corrected chi connectivity index (χ3v) is 5.40. The van der Waals surface area contributed by atoms with Crippen molar-refractivity contribution < 1.29 is 4.79 Å². The molecule has 0 saturated carbocycles. The number of piperidine rings is 1.